The molecular formula is C15H22N4O4. The first kappa shape index (κ1) is 17.0. The fraction of sp³-hybridized carbons (Fsp3) is 0.600. The minimum absolute atomic E-state index is 0.0432. The van der Waals surface area contributed by atoms with Gasteiger partial charge in [-0.15, -0.1) is 0 Å². The molecule has 0 saturated heterocycles. The van der Waals surface area contributed by atoms with Crippen LogP contribution in [0.2, 0.25) is 0 Å². The maximum atomic E-state index is 11.9. The van der Waals surface area contributed by atoms with Gasteiger partial charge >= 0.3 is 11.7 Å². The minimum Gasteiger partial charge on any atom is -0.460 e. The molecule has 2 heterocycles. The van der Waals surface area contributed by atoms with Crippen LogP contribution in [-0.2, 0) is 4.74 Å². The first-order chi connectivity index (χ1) is 11.1. The number of rotatable bonds is 9. The van der Waals surface area contributed by atoms with Gasteiger partial charge in [0.25, 0.3) is 5.56 Å². The lowest BCUT2D eigenvalue weighted by molar-refractivity contribution is 0.0485. The molecule has 0 saturated carbocycles. The molecule has 0 aliphatic carbocycles. The second kappa shape index (κ2) is 8.30. The van der Waals surface area contributed by atoms with E-state index < -0.39 is 17.2 Å². The van der Waals surface area contributed by atoms with Crippen molar-refractivity contribution in [1.29, 1.82) is 0 Å². The molecule has 0 atom stereocenters. The van der Waals surface area contributed by atoms with Crippen LogP contribution in [0, 0.1) is 0 Å². The summed E-state index contributed by atoms with van der Waals surface area (Å²) in [6.07, 6.45) is 7.91. The van der Waals surface area contributed by atoms with E-state index in [4.69, 9.17) is 4.74 Å². The highest BCUT2D eigenvalue weighted by Crippen LogP contribution is 2.08. The molecule has 23 heavy (non-hydrogen) atoms. The molecule has 8 nitrogen and oxygen atoms in total. The number of esters is 1. The summed E-state index contributed by atoms with van der Waals surface area (Å²) in [7, 11) is 0. The fourth-order valence-corrected chi connectivity index (χ4v) is 2.32. The van der Waals surface area contributed by atoms with Gasteiger partial charge in [0.1, 0.15) is 5.52 Å². The number of nitrogens with one attached hydrogen (secondary N) is 3. The molecule has 0 spiro atoms. The van der Waals surface area contributed by atoms with Crippen LogP contribution in [0.5, 0.6) is 0 Å². The van der Waals surface area contributed by atoms with Crippen molar-refractivity contribution in [2.75, 3.05) is 6.61 Å². The fourth-order valence-electron chi connectivity index (χ4n) is 2.32. The van der Waals surface area contributed by atoms with Crippen LogP contribution in [0.15, 0.2) is 9.59 Å². The lowest BCUT2D eigenvalue weighted by atomic mass is 10.1. The highest BCUT2D eigenvalue weighted by atomic mass is 16.5. The van der Waals surface area contributed by atoms with E-state index in [0.29, 0.717) is 6.61 Å². The van der Waals surface area contributed by atoms with Crippen molar-refractivity contribution in [2.24, 2.45) is 0 Å². The average molecular weight is 322 g/mol. The van der Waals surface area contributed by atoms with E-state index in [2.05, 4.69) is 26.9 Å². The molecular weight excluding hydrogens is 300 g/mol. The molecule has 2 aromatic heterocycles. The number of hydrogen-bond acceptors (Lipinski definition) is 5. The number of hydrogen-bond donors (Lipinski definition) is 3. The summed E-state index contributed by atoms with van der Waals surface area (Å²) >= 11 is 0. The Morgan fingerprint density at radius 2 is 1.70 bits per heavy atom. The lowest BCUT2D eigenvalue weighted by Gasteiger charge is -2.03. The minimum atomic E-state index is -0.669. The quantitative estimate of drug-likeness (QED) is 0.480. The van der Waals surface area contributed by atoms with E-state index in [9.17, 15) is 14.4 Å². The van der Waals surface area contributed by atoms with Crippen LogP contribution in [-0.4, -0.2) is 32.5 Å². The average Bonchev–Trinajstić information content (AvgIpc) is 2.94. The highest BCUT2D eigenvalue weighted by molar-refractivity contribution is 5.89. The van der Waals surface area contributed by atoms with Crippen LogP contribution in [0.4, 0.5) is 0 Å². The predicted octanol–water partition coefficient (Wildman–Crippen LogP) is 1.85. The number of imidazole rings is 1. The molecule has 8 heteroatoms. The molecule has 0 bridgehead atoms. The number of aromatic amines is 3. The molecule has 2 rings (SSSR count). The number of nitrogens with zero attached hydrogens (tertiary/aromatic N) is 1. The van der Waals surface area contributed by atoms with Gasteiger partial charge in [-0.1, -0.05) is 45.4 Å². The van der Waals surface area contributed by atoms with Gasteiger partial charge in [-0.2, -0.15) is 0 Å². The van der Waals surface area contributed by atoms with Gasteiger partial charge in [-0.3, -0.25) is 14.8 Å². The topological polar surface area (TPSA) is 121 Å². The van der Waals surface area contributed by atoms with Crippen molar-refractivity contribution >= 4 is 17.1 Å². The molecule has 0 aliphatic rings. The van der Waals surface area contributed by atoms with E-state index >= 15 is 0 Å². The Hall–Kier alpha value is -2.38. The van der Waals surface area contributed by atoms with Gasteiger partial charge in [0.2, 0.25) is 5.82 Å². The van der Waals surface area contributed by atoms with E-state index in [-0.39, 0.29) is 17.0 Å². The molecule has 0 aromatic carbocycles. The maximum Gasteiger partial charge on any atom is 0.374 e. The standard InChI is InChI=1S/C15H22N4O4/c1-2-3-4-5-6-7-8-9-23-14(21)12-16-10-11(17-12)18-15(22)19-13(10)20/h2-9H2,1H3,(H3,16,17,18,19,20,22). The smallest absolute Gasteiger partial charge is 0.374 e. The van der Waals surface area contributed by atoms with Gasteiger partial charge < -0.3 is 9.72 Å². The van der Waals surface area contributed by atoms with Gasteiger partial charge in [0.15, 0.2) is 5.65 Å². The van der Waals surface area contributed by atoms with E-state index in [1.165, 1.54) is 25.7 Å². The van der Waals surface area contributed by atoms with Crippen molar-refractivity contribution in [3.63, 3.8) is 0 Å². The summed E-state index contributed by atoms with van der Waals surface area (Å²) in [5, 5.41) is 0. The Morgan fingerprint density at radius 1 is 1.00 bits per heavy atom. The number of carbonyl (C=O) groups is 1. The zero-order chi connectivity index (χ0) is 16.7. The molecule has 0 aliphatic heterocycles. The van der Waals surface area contributed by atoms with E-state index in [1.807, 2.05) is 0 Å². The van der Waals surface area contributed by atoms with Crippen molar-refractivity contribution in [3.8, 4) is 0 Å². The molecule has 0 fully saturated rings. The second-order valence-electron chi connectivity index (χ2n) is 5.47. The number of carbonyl (C=O) groups excluding carboxylic acids is 1. The molecule has 3 N–H and O–H groups in total. The maximum absolute atomic E-state index is 11.9. The third-order valence-electron chi connectivity index (χ3n) is 3.56. The van der Waals surface area contributed by atoms with Crippen LogP contribution < -0.4 is 11.2 Å². The number of aromatic nitrogens is 4. The molecule has 2 aromatic rings. The molecule has 0 radical (unpaired) electrons. The summed E-state index contributed by atoms with van der Waals surface area (Å²) in [6, 6.07) is 0. The molecule has 126 valence electrons. The van der Waals surface area contributed by atoms with Crippen LogP contribution in [0.25, 0.3) is 11.2 Å². The first-order valence-corrected chi connectivity index (χ1v) is 8.01. The lowest BCUT2D eigenvalue weighted by Crippen LogP contribution is -2.21. The van der Waals surface area contributed by atoms with Crippen molar-refractivity contribution < 1.29 is 9.53 Å². The SMILES string of the molecule is CCCCCCCCCOC(=O)c1nc2[nH]c(=O)[nH]c(=O)c2[nH]1. The summed E-state index contributed by atoms with van der Waals surface area (Å²) < 4.78 is 5.12. The number of unbranched alkanes of at least 4 members (excludes halogenated alkanes) is 6. The Morgan fingerprint density at radius 3 is 2.43 bits per heavy atom. The van der Waals surface area contributed by atoms with Crippen molar-refractivity contribution in [2.45, 2.75) is 51.9 Å². The zero-order valence-corrected chi connectivity index (χ0v) is 13.2. The third kappa shape index (κ3) is 4.80. The number of H-pyrrole nitrogens is 3. The van der Waals surface area contributed by atoms with Crippen molar-refractivity contribution in [1.82, 2.24) is 19.9 Å². The Labute approximate surface area is 132 Å². The van der Waals surface area contributed by atoms with Gasteiger partial charge in [-0.05, 0) is 6.42 Å². The zero-order valence-electron chi connectivity index (χ0n) is 13.2. The van der Waals surface area contributed by atoms with E-state index in [0.717, 1.165) is 19.3 Å². The second-order valence-corrected chi connectivity index (χ2v) is 5.47. The number of fused-ring (bicyclic) bond motifs is 1. The van der Waals surface area contributed by atoms with Crippen LogP contribution >= 0.6 is 0 Å². The van der Waals surface area contributed by atoms with Crippen LogP contribution in [0.3, 0.4) is 0 Å². The third-order valence-corrected chi connectivity index (χ3v) is 3.56. The van der Waals surface area contributed by atoms with Crippen molar-refractivity contribution in [3.05, 3.63) is 26.7 Å². The van der Waals surface area contributed by atoms with Gasteiger partial charge in [0, 0.05) is 0 Å². The Kier molecular flexibility index (Phi) is 6.13. The largest absolute Gasteiger partial charge is 0.460 e. The summed E-state index contributed by atoms with van der Waals surface area (Å²) in [4.78, 5) is 45.4. The first-order valence-electron chi connectivity index (χ1n) is 8.01. The summed E-state index contributed by atoms with van der Waals surface area (Å²) in [6.45, 7) is 2.50. The summed E-state index contributed by atoms with van der Waals surface area (Å²) in [5.41, 5.74) is -1.20. The normalized spacial score (nSPS) is 11.0. The number of ether oxygens (including phenoxy) is 1. The highest BCUT2D eigenvalue weighted by Gasteiger charge is 2.15. The van der Waals surface area contributed by atoms with Gasteiger partial charge in [0.05, 0.1) is 6.61 Å². The van der Waals surface area contributed by atoms with Gasteiger partial charge in [-0.25, -0.2) is 14.6 Å². The predicted molar refractivity (Wildman–Crippen MR) is 85.6 cm³/mol. The van der Waals surface area contributed by atoms with E-state index in [1.54, 1.807) is 0 Å². The monoisotopic (exact) mass is 322 g/mol. The molecule has 0 amide bonds. The summed E-state index contributed by atoms with van der Waals surface area (Å²) in [5.74, 6) is -0.720. The molecule has 0 unspecified atom stereocenters. The Balaban J connectivity index is 1.79. The van der Waals surface area contributed by atoms with Crippen LogP contribution in [0.1, 0.15) is 62.5 Å². The Bertz CT molecular complexity index is 759.